The maximum Gasteiger partial charge on any atom is 0.138 e. The maximum atomic E-state index is 6.19. The molecule has 26 heavy (non-hydrogen) atoms. The normalized spacial score (nSPS) is 12.2. The van der Waals surface area contributed by atoms with E-state index in [4.69, 9.17) is 51.1 Å². The molecule has 136 valence electrons. The number of ether oxygens (including phenoxy) is 1. The number of aromatic nitrogens is 2. The van der Waals surface area contributed by atoms with Crippen LogP contribution in [0.1, 0.15) is 0 Å². The predicted octanol–water partition coefficient (Wildman–Crippen LogP) is 6.74. The first-order valence-corrected chi connectivity index (χ1v) is 10.1. The molecule has 1 unspecified atom stereocenters. The van der Waals surface area contributed by atoms with Crippen LogP contribution in [0.25, 0.3) is 0 Å². The highest BCUT2D eigenvalue weighted by Gasteiger charge is 2.15. The van der Waals surface area contributed by atoms with Crippen LogP contribution in [-0.2, 0) is 6.54 Å². The Bertz CT molecular complexity index is 874. The molecule has 0 bridgehead atoms. The largest absolute Gasteiger partial charge is 0.491 e. The summed E-state index contributed by atoms with van der Waals surface area (Å²) in [6, 6.07) is 10.8. The topological polar surface area (TPSA) is 27.1 Å². The lowest BCUT2D eigenvalue weighted by molar-refractivity contribution is 0.308. The zero-order valence-corrected chi connectivity index (χ0v) is 17.3. The van der Waals surface area contributed by atoms with Gasteiger partial charge < -0.3 is 9.30 Å². The van der Waals surface area contributed by atoms with Crippen molar-refractivity contribution in [3.05, 3.63) is 75.2 Å². The monoisotopic (exact) mass is 446 g/mol. The molecule has 0 radical (unpaired) electrons. The third-order valence-corrected chi connectivity index (χ3v) is 5.90. The minimum Gasteiger partial charge on any atom is -0.491 e. The van der Waals surface area contributed by atoms with Crippen molar-refractivity contribution in [2.45, 2.75) is 16.7 Å². The van der Waals surface area contributed by atoms with E-state index in [1.54, 1.807) is 48.6 Å². The highest BCUT2D eigenvalue weighted by molar-refractivity contribution is 8.00. The van der Waals surface area contributed by atoms with Crippen LogP contribution < -0.4 is 4.74 Å². The van der Waals surface area contributed by atoms with Gasteiger partial charge in [0.1, 0.15) is 12.4 Å². The van der Waals surface area contributed by atoms with E-state index in [0.29, 0.717) is 32.4 Å². The van der Waals surface area contributed by atoms with Gasteiger partial charge in [-0.3, -0.25) is 0 Å². The van der Waals surface area contributed by atoms with Crippen molar-refractivity contribution in [1.82, 2.24) is 9.55 Å². The van der Waals surface area contributed by atoms with E-state index in [-0.39, 0.29) is 5.25 Å². The minimum atomic E-state index is 0.105. The Labute approximate surface area is 176 Å². The first kappa shape index (κ1) is 19.7. The van der Waals surface area contributed by atoms with Crippen LogP contribution in [0.5, 0.6) is 5.75 Å². The summed E-state index contributed by atoms with van der Waals surface area (Å²) in [6.07, 6.45) is 5.44. The molecule has 0 aliphatic rings. The number of hydrogen-bond donors (Lipinski definition) is 0. The van der Waals surface area contributed by atoms with Crippen LogP contribution in [0.15, 0.2) is 60.0 Å². The number of rotatable bonds is 7. The Hall–Kier alpha value is -1.04. The van der Waals surface area contributed by atoms with E-state index in [0.717, 1.165) is 11.4 Å². The first-order valence-electron chi connectivity index (χ1n) is 7.66. The van der Waals surface area contributed by atoms with Crippen molar-refractivity contribution < 1.29 is 4.74 Å². The summed E-state index contributed by atoms with van der Waals surface area (Å²) in [4.78, 5) is 5.10. The third-order valence-electron chi connectivity index (χ3n) is 3.49. The second-order valence-corrected chi connectivity index (χ2v) is 8.49. The fourth-order valence-electron chi connectivity index (χ4n) is 2.27. The van der Waals surface area contributed by atoms with Crippen molar-refractivity contribution in [3.8, 4) is 5.75 Å². The third kappa shape index (κ3) is 5.48. The van der Waals surface area contributed by atoms with Gasteiger partial charge in [0.25, 0.3) is 0 Å². The van der Waals surface area contributed by atoms with Gasteiger partial charge in [0.2, 0.25) is 0 Å². The lowest BCUT2D eigenvalue weighted by atomic mass is 10.3. The zero-order valence-electron chi connectivity index (χ0n) is 13.4. The van der Waals surface area contributed by atoms with Gasteiger partial charge in [0.15, 0.2) is 0 Å². The minimum absolute atomic E-state index is 0.105. The summed E-state index contributed by atoms with van der Waals surface area (Å²) in [5.41, 5.74) is 0. The summed E-state index contributed by atoms with van der Waals surface area (Å²) in [6.45, 7) is 1.17. The van der Waals surface area contributed by atoms with Crippen LogP contribution in [0, 0.1) is 0 Å². The van der Waals surface area contributed by atoms with Crippen LogP contribution in [-0.4, -0.2) is 21.4 Å². The fourth-order valence-corrected chi connectivity index (χ4v) is 4.20. The molecular weight excluding hydrogens is 434 g/mol. The molecule has 0 saturated heterocycles. The zero-order chi connectivity index (χ0) is 18.5. The van der Waals surface area contributed by atoms with Gasteiger partial charge >= 0.3 is 0 Å². The molecule has 0 aliphatic heterocycles. The summed E-state index contributed by atoms with van der Waals surface area (Å²) < 4.78 is 7.93. The van der Waals surface area contributed by atoms with Gasteiger partial charge in [0, 0.05) is 28.9 Å². The molecular formula is C18H14Cl4N2OS. The molecule has 0 amide bonds. The molecule has 3 aromatic rings. The van der Waals surface area contributed by atoms with Gasteiger partial charge in [-0.15, -0.1) is 11.8 Å². The Morgan fingerprint density at radius 2 is 1.85 bits per heavy atom. The second-order valence-electron chi connectivity index (χ2n) is 5.46. The van der Waals surface area contributed by atoms with Crippen molar-refractivity contribution in [2.75, 3.05) is 6.61 Å². The summed E-state index contributed by atoms with van der Waals surface area (Å²) >= 11 is 25.9. The highest BCUT2D eigenvalue weighted by atomic mass is 35.5. The van der Waals surface area contributed by atoms with Crippen LogP contribution in [0.4, 0.5) is 0 Å². The molecule has 0 saturated carbocycles. The van der Waals surface area contributed by atoms with Gasteiger partial charge in [0.05, 0.1) is 26.6 Å². The van der Waals surface area contributed by atoms with Gasteiger partial charge in [-0.05, 0) is 36.4 Å². The maximum absolute atomic E-state index is 6.19. The van der Waals surface area contributed by atoms with E-state index in [9.17, 15) is 0 Å². The molecule has 3 nitrogen and oxygen atoms in total. The second kappa shape index (κ2) is 9.25. The van der Waals surface area contributed by atoms with E-state index >= 15 is 0 Å². The lowest BCUT2D eigenvalue weighted by Gasteiger charge is -2.19. The molecule has 0 N–H and O–H groups in total. The SMILES string of the molecule is Clc1ccc(OCC(Cn2ccnc2)Sc2ccc(Cl)c(Cl)c2)c(Cl)c1. The Balaban J connectivity index is 1.73. The molecule has 2 aromatic carbocycles. The average Bonchev–Trinajstić information content (AvgIpc) is 3.10. The van der Waals surface area contributed by atoms with Gasteiger partial charge in [-0.25, -0.2) is 4.98 Å². The molecule has 8 heteroatoms. The van der Waals surface area contributed by atoms with E-state index in [1.165, 1.54) is 0 Å². The number of nitrogens with zero attached hydrogens (tertiary/aromatic N) is 2. The number of thioether (sulfide) groups is 1. The highest BCUT2D eigenvalue weighted by Crippen LogP contribution is 2.32. The van der Waals surface area contributed by atoms with Gasteiger partial charge in [-0.1, -0.05) is 46.4 Å². The molecule has 1 heterocycles. The van der Waals surface area contributed by atoms with Crippen molar-refractivity contribution >= 4 is 58.2 Å². The Morgan fingerprint density at radius 1 is 1.00 bits per heavy atom. The van der Waals surface area contributed by atoms with Crippen LogP contribution in [0.3, 0.4) is 0 Å². The average molecular weight is 448 g/mol. The van der Waals surface area contributed by atoms with Crippen molar-refractivity contribution in [1.29, 1.82) is 0 Å². The number of hydrogen-bond acceptors (Lipinski definition) is 3. The Morgan fingerprint density at radius 3 is 2.54 bits per heavy atom. The summed E-state index contributed by atoms with van der Waals surface area (Å²) in [7, 11) is 0. The molecule has 0 fully saturated rings. The fraction of sp³-hybridized carbons (Fsp3) is 0.167. The molecule has 0 spiro atoms. The van der Waals surface area contributed by atoms with Crippen LogP contribution >= 0.6 is 58.2 Å². The first-order chi connectivity index (χ1) is 12.5. The summed E-state index contributed by atoms with van der Waals surface area (Å²) in [5, 5.41) is 2.22. The number of benzene rings is 2. The lowest BCUT2D eigenvalue weighted by Crippen LogP contribution is -2.20. The molecule has 1 aromatic heterocycles. The number of halogens is 4. The molecule has 1 atom stereocenters. The standard InChI is InChI=1S/C18H14Cl4N2OS/c19-12-1-4-18(17(22)7-12)25-10-14(9-24-6-5-23-11-24)26-13-2-3-15(20)16(21)8-13/h1-8,11,14H,9-10H2. The van der Waals surface area contributed by atoms with Gasteiger partial charge in [-0.2, -0.15) is 0 Å². The van der Waals surface area contributed by atoms with Crippen molar-refractivity contribution in [2.24, 2.45) is 0 Å². The number of imidazole rings is 1. The molecule has 0 aliphatic carbocycles. The molecule has 3 rings (SSSR count). The van der Waals surface area contributed by atoms with E-state index in [2.05, 4.69) is 4.98 Å². The quantitative estimate of drug-likeness (QED) is 0.375. The predicted molar refractivity (Wildman–Crippen MR) is 110 cm³/mol. The summed E-state index contributed by atoms with van der Waals surface area (Å²) in [5.74, 6) is 0.599. The van der Waals surface area contributed by atoms with E-state index < -0.39 is 0 Å². The van der Waals surface area contributed by atoms with Crippen LogP contribution in [0.2, 0.25) is 20.1 Å². The smallest absolute Gasteiger partial charge is 0.138 e. The Kier molecular flexibility index (Phi) is 7.01. The van der Waals surface area contributed by atoms with E-state index in [1.807, 2.05) is 22.9 Å². The van der Waals surface area contributed by atoms with Crippen molar-refractivity contribution in [3.63, 3.8) is 0 Å².